The monoisotopic (exact) mass is 315 g/mol. The van der Waals surface area contributed by atoms with Crippen molar-refractivity contribution in [2.24, 2.45) is 0 Å². The average Bonchev–Trinajstić information content (AvgIpc) is 2.89. The second kappa shape index (κ2) is 7.04. The first-order valence-corrected chi connectivity index (χ1v) is 8.10. The standard InChI is InChI=1S/C13H18ClN3O2S/c1-2-4-16-7-13(19)17(8-12(16)18)5-3-11-15-10(6-14)9-20-11/h9H,2-8H2,1H3. The topological polar surface area (TPSA) is 53.5 Å². The molecule has 1 aromatic rings. The molecule has 1 aliphatic heterocycles. The molecule has 1 aromatic heterocycles. The van der Waals surface area contributed by atoms with Crippen molar-refractivity contribution in [2.45, 2.75) is 25.6 Å². The van der Waals surface area contributed by atoms with E-state index in [1.54, 1.807) is 21.1 Å². The summed E-state index contributed by atoms with van der Waals surface area (Å²) in [6, 6.07) is 0. The highest BCUT2D eigenvalue weighted by molar-refractivity contribution is 7.09. The number of alkyl halides is 1. The van der Waals surface area contributed by atoms with Crippen LogP contribution in [0.5, 0.6) is 0 Å². The van der Waals surface area contributed by atoms with Gasteiger partial charge in [0.25, 0.3) is 0 Å². The summed E-state index contributed by atoms with van der Waals surface area (Å²) >= 11 is 7.25. The minimum absolute atomic E-state index is 0.0205. The highest BCUT2D eigenvalue weighted by Gasteiger charge is 2.28. The molecule has 110 valence electrons. The van der Waals surface area contributed by atoms with Gasteiger partial charge in [0.15, 0.2) is 0 Å². The Kier molecular flexibility index (Phi) is 5.37. The van der Waals surface area contributed by atoms with E-state index in [0.29, 0.717) is 25.4 Å². The number of carbonyl (C=O) groups excluding carboxylic acids is 2. The number of nitrogens with zero attached hydrogens (tertiary/aromatic N) is 3. The average molecular weight is 316 g/mol. The van der Waals surface area contributed by atoms with E-state index in [9.17, 15) is 9.59 Å². The normalized spacial score (nSPS) is 16.1. The zero-order valence-corrected chi connectivity index (χ0v) is 13.0. The first kappa shape index (κ1) is 15.3. The van der Waals surface area contributed by atoms with Crippen molar-refractivity contribution in [3.8, 4) is 0 Å². The highest BCUT2D eigenvalue weighted by Crippen LogP contribution is 2.13. The van der Waals surface area contributed by atoms with Crippen LogP contribution in [0.4, 0.5) is 0 Å². The van der Waals surface area contributed by atoms with Crippen molar-refractivity contribution in [1.82, 2.24) is 14.8 Å². The van der Waals surface area contributed by atoms with E-state index in [4.69, 9.17) is 11.6 Å². The second-order valence-electron chi connectivity index (χ2n) is 4.75. The van der Waals surface area contributed by atoms with Gasteiger partial charge in [0.2, 0.25) is 11.8 Å². The molecule has 0 bridgehead atoms. The predicted molar refractivity (Wildman–Crippen MR) is 78.8 cm³/mol. The fourth-order valence-corrected chi connectivity index (χ4v) is 3.15. The second-order valence-corrected chi connectivity index (χ2v) is 5.96. The number of amides is 2. The molecule has 0 aromatic carbocycles. The van der Waals surface area contributed by atoms with Crippen molar-refractivity contribution < 1.29 is 9.59 Å². The molecule has 2 rings (SSSR count). The van der Waals surface area contributed by atoms with Gasteiger partial charge >= 0.3 is 0 Å². The number of thiazole rings is 1. The van der Waals surface area contributed by atoms with Crippen molar-refractivity contribution >= 4 is 34.8 Å². The smallest absolute Gasteiger partial charge is 0.242 e. The quantitative estimate of drug-likeness (QED) is 0.748. The number of halogens is 1. The first-order valence-electron chi connectivity index (χ1n) is 6.68. The van der Waals surface area contributed by atoms with E-state index in [-0.39, 0.29) is 24.9 Å². The lowest BCUT2D eigenvalue weighted by molar-refractivity contribution is -0.150. The zero-order valence-electron chi connectivity index (χ0n) is 11.5. The molecular formula is C13H18ClN3O2S. The summed E-state index contributed by atoms with van der Waals surface area (Å²) in [6.07, 6.45) is 1.55. The molecule has 1 fully saturated rings. The molecule has 2 heterocycles. The Balaban J connectivity index is 1.87. The van der Waals surface area contributed by atoms with Gasteiger partial charge in [0.05, 0.1) is 29.7 Å². The lowest BCUT2D eigenvalue weighted by atomic mass is 10.2. The maximum Gasteiger partial charge on any atom is 0.242 e. The lowest BCUT2D eigenvalue weighted by Gasteiger charge is -2.33. The Morgan fingerprint density at radius 2 is 1.90 bits per heavy atom. The van der Waals surface area contributed by atoms with Crippen LogP contribution in [0.2, 0.25) is 0 Å². The largest absolute Gasteiger partial charge is 0.332 e. The van der Waals surface area contributed by atoms with Gasteiger partial charge in [-0.15, -0.1) is 22.9 Å². The van der Waals surface area contributed by atoms with Crippen LogP contribution in [-0.4, -0.2) is 52.8 Å². The van der Waals surface area contributed by atoms with E-state index in [1.165, 1.54) is 0 Å². The molecule has 0 saturated carbocycles. The van der Waals surface area contributed by atoms with Crippen LogP contribution >= 0.6 is 22.9 Å². The molecule has 0 aliphatic carbocycles. The molecule has 5 nitrogen and oxygen atoms in total. The minimum atomic E-state index is 0.0205. The third-order valence-corrected chi connectivity index (χ3v) is 4.41. The van der Waals surface area contributed by atoms with Gasteiger partial charge in [0, 0.05) is 24.9 Å². The number of piperazine rings is 1. The Bertz CT molecular complexity index is 492. The van der Waals surface area contributed by atoms with Gasteiger partial charge < -0.3 is 9.80 Å². The molecule has 20 heavy (non-hydrogen) atoms. The fraction of sp³-hybridized carbons (Fsp3) is 0.615. The van der Waals surface area contributed by atoms with Crippen molar-refractivity contribution in [3.63, 3.8) is 0 Å². The number of carbonyl (C=O) groups is 2. The summed E-state index contributed by atoms with van der Waals surface area (Å²) < 4.78 is 0. The van der Waals surface area contributed by atoms with Crippen LogP contribution in [0, 0.1) is 0 Å². The van der Waals surface area contributed by atoms with E-state index in [2.05, 4.69) is 4.98 Å². The Labute approximate surface area is 127 Å². The van der Waals surface area contributed by atoms with Gasteiger partial charge in [-0.1, -0.05) is 6.92 Å². The van der Waals surface area contributed by atoms with E-state index >= 15 is 0 Å². The molecule has 0 atom stereocenters. The van der Waals surface area contributed by atoms with Crippen LogP contribution in [0.15, 0.2) is 5.38 Å². The molecule has 2 amide bonds. The maximum absolute atomic E-state index is 12.0. The summed E-state index contributed by atoms with van der Waals surface area (Å²) in [4.78, 5) is 31.5. The van der Waals surface area contributed by atoms with Gasteiger partial charge in [-0.05, 0) is 6.42 Å². The van der Waals surface area contributed by atoms with Crippen molar-refractivity contribution in [3.05, 3.63) is 16.1 Å². The zero-order chi connectivity index (χ0) is 14.5. The molecule has 1 aliphatic rings. The molecule has 0 spiro atoms. The van der Waals surface area contributed by atoms with Gasteiger partial charge in [-0.3, -0.25) is 9.59 Å². The number of hydrogen-bond donors (Lipinski definition) is 0. The van der Waals surface area contributed by atoms with Crippen molar-refractivity contribution in [1.29, 1.82) is 0 Å². The molecular weight excluding hydrogens is 298 g/mol. The van der Waals surface area contributed by atoms with Gasteiger partial charge in [-0.25, -0.2) is 4.98 Å². The Hall–Kier alpha value is -1.14. The maximum atomic E-state index is 12.0. The third-order valence-electron chi connectivity index (χ3n) is 3.18. The van der Waals surface area contributed by atoms with Crippen LogP contribution in [-0.2, 0) is 21.9 Å². The summed E-state index contributed by atoms with van der Waals surface area (Å²) in [7, 11) is 0. The van der Waals surface area contributed by atoms with Gasteiger partial charge in [0.1, 0.15) is 0 Å². The first-order chi connectivity index (χ1) is 9.63. The Morgan fingerprint density at radius 1 is 1.25 bits per heavy atom. The van der Waals surface area contributed by atoms with E-state index in [0.717, 1.165) is 17.1 Å². The SMILES string of the molecule is CCCN1CC(=O)N(CCc2nc(CCl)cs2)CC1=O. The molecule has 1 saturated heterocycles. The van der Waals surface area contributed by atoms with Crippen LogP contribution < -0.4 is 0 Å². The van der Waals surface area contributed by atoms with Gasteiger partial charge in [-0.2, -0.15) is 0 Å². The molecule has 7 heteroatoms. The van der Waals surface area contributed by atoms with Crippen molar-refractivity contribution in [2.75, 3.05) is 26.2 Å². The molecule has 0 unspecified atom stereocenters. The molecule has 0 radical (unpaired) electrons. The number of rotatable bonds is 6. The third kappa shape index (κ3) is 3.70. The fourth-order valence-electron chi connectivity index (χ4n) is 2.14. The summed E-state index contributed by atoms with van der Waals surface area (Å²) in [5, 5.41) is 2.88. The van der Waals surface area contributed by atoms with Crippen LogP contribution in [0.3, 0.4) is 0 Å². The summed E-state index contributed by atoms with van der Waals surface area (Å²) in [6.45, 7) is 3.59. The predicted octanol–water partition coefficient (Wildman–Crippen LogP) is 1.51. The summed E-state index contributed by atoms with van der Waals surface area (Å²) in [5.41, 5.74) is 0.863. The minimum Gasteiger partial charge on any atom is -0.332 e. The van der Waals surface area contributed by atoms with E-state index < -0.39 is 0 Å². The number of aromatic nitrogens is 1. The van der Waals surface area contributed by atoms with E-state index in [1.807, 2.05) is 12.3 Å². The molecule has 0 N–H and O–H groups in total. The van der Waals surface area contributed by atoms with Crippen LogP contribution in [0.25, 0.3) is 0 Å². The Morgan fingerprint density at radius 3 is 2.45 bits per heavy atom. The summed E-state index contributed by atoms with van der Waals surface area (Å²) in [5.74, 6) is 0.461. The lowest BCUT2D eigenvalue weighted by Crippen LogP contribution is -2.54. The highest BCUT2D eigenvalue weighted by atomic mass is 35.5. The number of hydrogen-bond acceptors (Lipinski definition) is 4. The van der Waals surface area contributed by atoms with Crippen LogP contribution in [0.1, 0.15) is 24.0 Å².